The van der Waals surface area contributed by atoms with E-state index in [0.717, 1.165) is 43.3 Å². The van der Waals surface area contributed by atoms with E-state index < -0.39 is 0 Å². The molecule has 5 heteroatoms. The van der Waals surface area contributed by atoms with E-state index in [0.29, 0.717) is 18.3 Å². The molecule has 26 heavy (non-hydrogen) atoms. The molecule has 0 radical (unpaired) electrons. The minimum Gasteiger partial charge on any atom is -0.492 e. The Bertz CT molecular complexity index is 847. The van der Waals surface area contributed by atoms with Crippen LogP contribution in [-0.4, -0.2) is 41.3 Å². The maximum Gasteiger partial charge on any atom is 0.231 e. The first-order valence-electron chi connectivity index (χ1n) is 9.09. The lowest BCUT2D eigenvalue weighted by atomic mass is 10.1. The Kier molecular flexibility index (Phi) is 4.97. The summed E-state index contributed by atoms with van der Waals surface area (Å²) in [7, 11) is 0. The lowest BCUT2D eigenvalue weighted by molar-refractivity contribution is 0.233. The monoisotopic (exact) mass is 349 g/mol. The minimum atomic E-state index is 0.305. The number of hydrogen-bond acceptors (Lipinski definition) is 5. The average molecular weight is 349 g/mol. The number of likely N-dealkylation sites (tertiary alicyclic amines) is 1. The fourth-order valence-electron chi connectivity index (χ4n) is 3.34. The normalized spacial score (nSPS) is 17.5. The Morgan fingerprint density at radius 3 is 2.88 bits per heavy atom. The first-order valence-corrected chi connectivity index (χ1v) is 9.09. The third kappa shape index (κ3) is 3.94. The molecule has 0 aliphatic carbocycles. The van der Waals surface area contributed by atoms with Crippen LogP contribution in [0.5, 0.6) is 5.75 Å². The summed E-state index contributed by atoms with van der Waals surface area (Å²) in [6.07, 6.45) is 1.04. The largest absolute Gasteiger partial charge is 0.492 e. The van der Waals surface area contributed by atoms with Crippen LogP contribution in [0.1, 0.15) is 23.8 Å². The maximum absolute atomic E-state index is 5.86. The predicted octanol–water partition coefficient (Wildman–Crippen LogP) is 3.91. The molecule has 1 aliphatic heterocycles. The lowest BCUT2D eigenvalue weighted by Crippen LogP contribution is -2.26. The molecular weight excluding hydrogens is 326 g/mol. The summed E-state index contributed by atoms with van der Waals surface area (Å²) in [6, 6.07) is 18.1. The van der Waals surface area contributed by atoms with Crippen LogP contribution in [-0.2, 0) is 0 Å². The molecule has 0 spiro atoms. The molecular formula is C21H23N3O2. The first kappa shape index (κ1) is 16.8. The van der Waals surface area contributed by atoms with Crippen molar-refractivity contribution in [3.8, 4) is 17.1 Å². The summed E-state index contributed by atoms with van der Waals surface area (Å²) in [5, 5.41) is 4.14. The maximum atomic E-state index is 5.86. The quantitative estimate of drug-likeness (QED) is 0.675. The summed E-state index contributed by atoms with van der Waals surface area (Å²) in [5.41, 5.74) is 2.21. The van der Waals surface area contributed by atoms with Crippen LogP contribution in [0.4, 0.5) is 0 Å². The highest BCUT2D eigenvalue weighted by Crippen LogP contribution is 2.27. The van der Waals surface area contributed by atoms with Crippen molar-refractivity contribution in [3.05, 3.63) is 66.1 Å². The number of aryl methyl sites for hydroxylation is 1. The molecule has 5 nitrogen and oxygen atoms in total. The molecule has 1 fully saturated rings. The summed E-state index contributed by atoms with van der Waals surface area (Å²) < 4.78 is 11.4. The molecule has 0 unspecified atom stereocenters. The van der Waals surface area contributed by atoms with Gasteiger partial charge in [-0.05, 0) is 37.6 Å². The topological polar surface area (TPSA) is 51.4 Å². The lowest BCUT2D eigenvalue weighted by Gasteiger charge is -2.15. The number of aromatic nitrogens is 2. The highest BCUT2D eigenvalue weighted by Gasteiger charge is 2.28. The van der Waals surface area contributed by atoms with Gasteiger partial charge in [0.1, 0.15) is 12.4 Å². The minimum absolute atomic E-state index is 0.305. The second-order valence-corrected chi connectivity index (χ2v) is 6.77. The van der Waals surface area contributed by atoms with E-state index in [9.17, 15) is 0 Å². The van der Waals surface area contributed by atoms with Gasteiger partial charge in [0, 0.05) is 18.7 Å². The van der Waals surface area contributed by atoms with E-state index in [1.54, 1.807) is 0 Å². The van der Waals surface area contributed by atoms with Gasteiger partial charge < -0.3 is 9.26 Å². The van der Waals surface area contributed by atoms with Gasteiger partial charge in [0.2, 0.25) is 11.7 Å². The van der Waals surface area contributed by atoms with Crippen LogP contribution in [0.25, 0.3) is 11.4 Å². The van der Waals surface area contributed by atoms with Crippen molar-refractivity contribution in [3.63, 3.8) is 0 Å². The number of nitrogens with zero attached hydrogens (tertiary/aromatic N) is 3. The molecule has 0 N–H and O–H groups in total. The number of rotatable bonds is 6. The van der Waals surface area contributed by atoms with E-state index in [-0.39, 0.29) is 0 Å². The van der Waals surface area contributed by atoms with Crippen molar-refractivity contribution >= 4 is 0 Å². The highest BCUT2D eigenvalue weighted by atomic mass is 16.5. The molecule has 134 valence electrons. The highest BCUT2D eigenvalue weighted by molar-refractivity contribution is 5.53. The van der Waals surface area contributed by atoms with Crippen molar-refractivity contribution in [2.75, 3.05) is 26.2 Å². The van der Waals surface area contributed by atoms with Gasteiger partial charge in [-0.15, -0.1) is 0 Å². The zero-order chi connectivity index (χ0) is 17.8. The smallest absolute Gasteiger partial charge is 0.231 e. The Morgan fingerprint density at radius 1 is 1.15 bits per heavy atom. The predicted molar refractivity (Wildman–Crippen MR) is 100 cm³/mol. The zero-order valence-corrected chi connectivity index (χ0v) is 15.0. The summed E-state index contributed by atoms with van der Waals surface area (Å²) in [4.78, 5) is 6.99. The van der Waals surface area contributed by atoms with E-state index in [1.165, 1.54) is 5.56 Å². The zero-order valence-electron chi connectivity index (χ0n) is 15.0. The fraction of sp³-hybridized carbons (Fsp3) is 0.333. The number of benzene rings is 2. The van der Waals surface area contributed by atoms with Crippen LogP contribution in [0.15, 0.2) is 59.1 Å². The van der Waals surface area contributed by atoms with Gasteiger partial charge in [-0.25, -0.2) is 0 Å². The molecule has 1 atom stereocenters. The second kappa shape index (κ2) is 7.70. The summed E-state index contributed by atoms with van der Waals surface area (Å²) in [6.45, 7) is 5.64. The molecule has 3 aromatic rings. The molecule has 1 saturated heterocycles. The third-order valence-corrected chi connectivity index (χ3v) is 4.76. The van der Waals surface area contributed by atoms with Crippen molar-refractivity contribution < 1.29 is 9.26 Å². The van der Waals surface area contributed by atoms with E-state index in [4.69, 9.17) is 9.26 Å². The fourth-order valence-corrected chi connectivity index (χ4v) is 3.34. The number of hydrogen-bond donors (Lipinski definition) is 0. The van der Waals surface area contributed by atoms with Crippen LogP contribution in [0.2, 0.25) is 0 Å². The molecule has 1 aromatic heterocycles. The summed E-state index contributed by atoms with van der Waals surface area (Å²) in [5.74, 6) is 2.65. The molecule has 2 heterocycles. The first-order chi connectivity index (χ1) is 12.8. The SMILES string of the molecule is Cc1cccc(OCCN2CC[C@@H](c3nc(-c4ccccc4)no3)C2)c1. The summed E-state index contributed by atoms with van der Waals surface area (Å²) >= 11 is 0. The van der Waals surface area contributed by atoms with Crippen molar-refractivity contribution in [2.24, 2.45) is 0 Å². The Balaban J connectivity index is 1.29. The van der Waals surface area contributed by atoms with Crippen LogP contribution in [0.3, 0.4) is 0 Å². The molecule has 0 bridgehead atoms. The van der Waals surface area contributed by atoms with Gasteiger partial charge in [0.15, 0.2) is 0 Å². The van der Waals surface area contributed by atoms with E-state index >= 15 is 0 Å². The molecule has 0 amide bonds. The van der Waals surface area contributed by atoms with Crippen LogP contribution in [0, 0.1) is 6.92 Å². The third-order valence-electron chi connectivity index (χ3n) is 4.76. The van der Waals surface area contributed by atoms with Crippen LogP contribution < -0.4 is 4.74 Å². The van der Waals surface area contributed by atoms with Gasteiger partial charge in [-0.3, -0.25) is 4.90 Å². The molecule has 0 saturated carbocycles. The van der Waals surface area contributed by atoms with Crippen molar-refractivity contribution in [1.29, 1.82) is 0 Å². The van der Waals surface area contributed by atoms with Gasteiger partial charge in [0.05, 0.1) is 5.92 Å². The van der Waals surface area contributed by atoms with Crippen LogP contribution >= 0.6 is 0 Å². The molecule has 2 aromatic carbocycles. The van der Waals surface area contributed by atoms with Crippen molar-refractivity contribution in [2.45, 2.75) is 19.3 Å². The molecule has 4 rings (SSSR count). The number of ether oxygens (including phenoxy) is 1. The van der Waals surface area contributed by atoms with E-state index in [1.807, 2.05) is 42.5 Å². The Morgan fingerprint density at radius 2 is 2.04 bits per heavy atom. The molecule has 1 aliphatic rings. The van der Waals surface area contributed by atoms with Gasteiger partial charge >= 0.3 is 0 Å². The second-order valence-electron chi connectivity index (χ2n) is 6.77. The van der Waals surface area contributed by atoms with Gasteiger partial charge in [-0.1, -0.05) is 47.6 Å². The van der Waals surface area contributed by atoms with Crippen molar-refractivity contribution in [1.82, 2.24) is 15.0 Å². The van der Waals surface area contributed by atoms with E-state index in [2.05, 4.69) is 34.1 Å². The Labute approximate surface area is 153 Å². The van der Waals surface area contributed by atoms with Gasteiger partial charge in [0.25, 0.3) is 0 Å². The average Bonchev–Trinajstić information content (AvgIpc) is 3.32. The Hall–Kier alpha value is -2.66. The van der Waals surface area contributed by atoms with Gasteiger partial charge in [-0.2, -0.15) is 4.98 Å². The standard InChI is InChI=1S/C21H23N3O2/c1-16-6-5-9-19(14-16)25-13-12-24-11-10-18(15-24)21-22-20(23-26-21)17-7-3-2-4-8-17/h2-9,14,18H,10-13,15H2,1H3/t18-/m1/s1.